The standard InChI is InChI=1S/C35H39N3O5S2/c1-4-6-8-24-38(25-9-7-5-2)45(39,40)29-16-12-27(13-17-29)31-21-23-37-35-33(31)19-18-32-30(20-22-36-34(32)35)26-10-14-28(15-11-26)44-43-42-41-3/h10-23H,4-9,24-25H2,1-3H3. The van der Waals surface area contributed by atoms with Crippen molar-refractivity contribution in [2.75, 3.05) is 20.2 Å². The Hall–Kier alpha value is -3.38. The summed E-state index contributed by atoms with van der Waals surface area (Å²) in [5, 5.41) is 6.41. The van der Waals surface area contributed by atoms with Crippen LogP contribution in [0.2, 0.25) is 0 Å². The van der Waals surface area contributed by atoms with Gasteiger partial charge in [-0.25, -0.2) is 13.3 Å². The molecule has 0 aliphatic rings. The van der Waals surface area contributed by atoms with Crippen LogP contribution in [0.5, 0.6) is 0 Å². The molecule has 8 nitrogen and oxygen atoms in total. The molecule has 0 aliphatic carbocycles. The number of benzene rings is 3. The van der Waals surface area contributed by atoms with E-state index in [1.165, 1.54) is 7.11 Å². The molecule has 0 fully saturated rings. The molecular weight excluding hydrogens is 607 g/mol. The summed E-state index contributed by atoms with van der Waals surface area (Å²) in [4.78, 5) is 15.1. The zero-order chi connectivity index (χ0) is 31.6. The summed E-state index contributed by atoms with van der Waals surface area (Å²) in [6.45, 7) is 5.37. The molecule has 236 valence electrons. The first-order chi connectivity index (χ1) is 22.0. The van der Waals surface area contributed by atoms with Crippen LogP contribution in [0.3, 0.4) is 0 Å². The molecule has 0 radical (unpaired) electrons. The van der Waals surface area contributed by atoms with Gasteiger partial charge < -0.3 is 0 Å². The largest absolute Gasteiger partial charge is 0.254 e. The van der Waals surface area contributed by atoms with E-state index in [9.17, 15) is 8.42 Å². The Bertz CT molecular complexity index is 1800. The Morgan fingerprint density at radius 3 is 1.69 bits per heavy atom. The molecular formula is C35H39N3O5S2. The van der Waals surface area contributed by atoms with Gasteiger partial charge >= 0.3 is 0 Å². The second kappa shape index (κ2) is 15.8. The van der Waals surface area contributed by atoms with E-state index in [1.807, 2.05) is 48.5 Å². The SMILES string of the molecule is CCCCCN(CCCCC)S(=O)(=O)c1ccc(-c2ccnc3c2ccc2c(-c4ccc(SOOOC)cc4)ccnc23)cc1. The molecule has 0 spiro atoms. The number of hydrogen-bond acceptors (Lipinski definition) is 8. The van der Waals surface area contributed by atoms with Crippen LogP contribution in [-0.2, 0) is 24.3 Å². The van der Waals surface area contributed by atoms with E-state index in [4.69, 9.17) is 14.3 Å². The molecule has 0 atom stereocenters. The fourth-order valence-corrected chi connectivity index (χ4v) is 7.41. The minimum absolute atomic E-state index is 0.330. The van der Waals surface area contributed by atoms with Crippen LogP contribution in [0.1, 0.15) is 52.4 Å². The molecule has 0 unspecified atom stereocenters. The second-order valence-corrected chi connectivity index (χ2v) is 13.5. The highest BCUT2D eigenvalue weighted by Crippen LogP contribution is 2.36. The number of hydrogen-bond donors (Lipinski definition) is 0. The predicted octanol–water partition coefficient (Wildman–Crippen LogP) is 9.00. The number of rotatable bonds is 16. The minimum atomic E-state index is -3.58. The van der Waals surface area contributed by atoms with Gasteiger partial charge in [0.15, 0.2) is 0 Å². The third-order valence-corrected chi connectivity index (χ3v) is 10.3. The van der Waals surface area contributed by atoms with Crippen LogP contribution in [0.4, 0.5) is 0 Å². The summed E-state index contributed by atoms with van der Waals surface area (Å²) in [5.41, 5.74) is 5.56. The number of unbranched alkanes of at least 4 members (excludes halogenated alkanes) is 4. The van der Waals surface area contributed by atoms with Gasteiger partial charge in [0.1, 0.15) is 0 Å². The average molecular weight is 646 g/mol. The first-order valence-electron chi connectivity index (χ1n) is 15.4. The maximum atomic E-state index is 13.6. The van der Waals surface area contributed by atoms with Crippen molar-refractivity contribution in [3.05, 3.63) is 85.2 Å². The van der Waals surface area contributed by atoms with Crippen molar-refractivity contribution < 1.29 is 22.7 Å². The third-order valence-electron chi connectivity index (χ3n) is 7.84. The molecule has 0 N–H and O–H groups in total. The monoisotopic (exact) mass is 645 g/mol. The van der Waals surface area contributed by atoms with Gasteiger partial charge in [0.05, 0.1) is 35.1 Å². The van der Waals surface area contributed by atoms with Crippen molar-refractivity contribution in [3.8, 4) is 22.3 Å². The maximum Gasteiger partial charge on any atom is 0.243 e. The van der Waals surface area contributed by atoms with Crippen molar-refractivity contribution >= 4 is 43.9 Å². The highest BCUT2D eigenvalue weighted by atomic mass is 32.2. The number of pyridine rings is 2. The number of nitrogens with zero attached hydrogens (tertiary/aromatic N) is 3. The summed E-state index contributed by atoms with van der Waals surface area (Å²) in [5.74, 6) is 0. The van der Waals surface area contributed by atoms with Crippen molar-refractivity contribution in [2.45, 2.75) is 62.2 Å². The zero-order valence-electron chi connectivity index (χ0n) is 25.9. The van der Waals surface area contributed by atoms with Gasteiger partial charge in [-0.3, -0.25) is 9.97 Å². The van der Waals surface area contributed by atoms with E-state index in [0.717, 1.165) is 99.5 Å². The lowest BCUT2D eigenvalue weighted by atomic mass is 9.96. The highest BCUT2D eigenvalue weighted by Gasteiger charge is 2.24. The van der Waals surface area contributed by atoms with Crippen LogP contribution in [0.15, 0.2) is 95.0 Å². The molecule has 5 aromatic rings. The van der Waals surface area contributed by atoms with E-state index < -0.39 is 10.0 Å². The highest BCUT2D eigenvalue weighted by molar-refractivity contribution is 7.94. The van der Waals surface area contributed by atoms with Gasteiger partial charge in [0.25, 0.3) is 0 Å². The van der Waals surface area contributed by atoms with Gasteiger partial charge in [-0.05, 0) is 71.5 Å². The molecule has 3 aromatic carbocycles. The average Bonchev–Trinajstić information content (AvgIpc) is 3.07. The normalized spacial score (nSPS) is 12.0. The molecule has 45 heavy (non-hydrogen) atoms. The van der Waals surface area contributed by atoms with Crippen LogP contribution in [0, 0.1) is 0 Å². The van der Waals surface area contributed by atoms with E-state index in [-0.39, 0.29) is 0 Å². The molecule has 0 amide bonds. The molecule has 0 saturated heterocycles. The predicted molar refractivity (Wildman–Crippen MR) is 181 cm³/mol. The second-order valence-electron chi connectivity index (χ2n) is 10.8. The molecule has 5 rings (SSSR count). The quantitative estimate of drug-likeness (QED) is 0.0345. The van der Waals surface area contributed by atoms with Crippen molar-refractivity contribution in [1.82, 2.24) is 14.3 Å². The van der Waals surface area contributed by atoms with E-state index in [0.29, 0.717) is 18.0 Å². The van der Waals surface area contributed by atoms with Crippen LogP contribution >= 0.6 is 12.0 Å². The van der Waals surface area contributed by atoms with Crippen molar-refractivity contribution in [2.24, 2.45) is 0 Å². The maximum absolute atomic E-state index is 13.6. The molecule has 10 heteroatoms. The number of fused-ring (bicyclic) bond motifs is 3. The van der Waals surface area contributed by atoms with Gasteiger partial charge in [-0.2, -0.15) is 4.31 Å². The number of sulfonamides is 1. The zero-order valence-corrected chi connectivity index (χ0v) is 27.6. The Balaban J connectivity index is 1.44. The fourth-order valence-electron chi connectivity index (χ4n) is 5.49. The number of aromatic nitrogens is 2. The molecule has 2 aromatic heterocycles. The summed E-state index contributed by atoms with van der Waals surface area (Å²) < 4.78 is 33.8. The summed E-state index contributed by atoms with van der Waals surface area (Å²) in [6, 6.07) is 23.3. The van der Waals surface area contributed by atoms with Crippen molar-refractivity contribution in [1.29, 1.82) is 0 Å². The van der Waals surface area contributed by atoms with E-state index in [1.54, 1.807) is 28.8 Å². The first-order valence-corrected chi connectivity index (χ1v) is 17.6. The third kappa shape index (κ3) is 7.71. The minimum Gasteiger partial charge on any atom is -0.254 e. The van der Waals surface area contributed by atoms with Gasteiger partial charge in [-0.1, -0.05) is 81.0 Å². The Kier molecular flexibility index (Phi) is 11.6. The Morgan fingerprint density at radius 2 is 1.20 bits per heavy atom. The van der Waals surface area contributed by atoms with Crippen molar-refractivity contribution in [3.63, 3.8) is 0 Å². The summed E-state index contributed by atoms with van der Waals surface area (Å²) in [6.07, 6.45) is 9.47. The van der Waals surface area contributed by atoms with E-state index in [2.05, 4.69) is 35.9 Å². The molecule has 0 bridgehead atoms. The summed E-state index contributed by atoms with van der Waals surface area (Å²) >= 11 is 1.06. The lowest BCUT2D eigenvalue weighted by Crippen LogP contribution is -2.33. The van der Waals surface area contributed by atoms with Gasteiger partial charge in [0, 0.05) is 41.2 Å². The summed E-state index contributed by atoms with van der Waals surface area (Å²) in [7, 11) is -2.20. The molecule has 2 heterocycles. The van der Waals surface area contributed by atoms with Gasteiger partial charge in [-0.15, -0.1) is 4.33 Å². The first kappa shape index (κ1) is 33.0. The van der Waals surface area contributed by atoms with Crippen LogP contribution in [0.25, 0.3) is 44.1 Å². The molecule has 0 aliphatic heterocycles. The molecule has 0 saturated carbocycles. The van der Waals surface area contributed by atoms with Gasteiger partial charge in [0.2, 0.25) is 10.0 Å². The van der Waals surface area contributed by atoms with Crippen LogP contribution < -0.4 is 0 Å². The fraction of sp³-hybridized carbons (Fsp3) is 0.314. The smallest absolute Gasteiger partial charge is 0.243 e. The lowest BCUT2D eigenvalue weighted by Gasteiger charge is -2.22. The lowest BCUT2D eigenvalue weighted by molar-refractivity contribution is -0.447. The Morgan fingerprint density at radius 1 is 0.689 bits per heavy atom. The van der Waals surface area contributed by atoms with E-state index >= 15 is 0 Å². The topological polar surface area (TPSA) is 90.9 Å². The Labute approximate surface area is 269 Å². The van der Waals surface area contributed by atoms with Crippen LogP contribution in [-0.4, -0.2) is 42.9 Å².